The number of nitrogens with zero attached hydrogens (tertiary/aromatic N) is 3. The van der Waals surface area contributed by atoms with Gasteiger partial charge in [-0.05, 0) is 76.1 Å². The molecule has 4 fully saturated rings. The molecule has 2 aromatic heterocycles. The number of ether oxygens (including phenoxy) is 2. The fraction of sp³-hybridized carbons (Fsp3) is 0.469. The predicted molar refractivity (Wildman–Crippen MR) is 159 cm³/mol. The van der Waals surface area contributed by atoms with E-state index in [0.29, 0.717) is 35.1 Å². The van der Waals surface area contributed by atoms with Crippen molar-refractivity contribution < 1.29 is 18.8 Å². The molecule has 8 rings (SSSR count). The monoisotopic (exact) mass is 589 g/mol. The zero-order valence-corrected chi connectivity index (χ0v) is 24.8. The van der Waals surface area contributed by atoms with E-state index in [9.17, 15) is 4.79 Å². The van der Waals surface area contributed by atoms with Crippen LogP contribution in [0, 0.1) is 12.8 Å². The smallest absolute Gasteiger partial charge is 0.186 e. The Balaban J connectivity index is 1.01. The number of ketones is 1. The van der Waals surface area contributed by atoms with E-state index >= 15 is 0 Å². The molecule has 1 aliphatic heterocycles. The number of Topliss-reactive ketones (excluding diaryl/α,β-unsaturated/α-hetero) is 1. The summed E-state index contributed by atoms with van der Waals surface area (Å²) in [5.74, 6) is 2.63. The minimum absolute atomic E-state index is 0.0493. The van der Waals surface area contributed by atoms with E-state index in [4.69, 9.17) is 30.6 Å². The zero-order chi connectivity index (χ0) is 27.8. The number of rotatable bonds is 9. The third kappa shape index (κ3) is 4.64. The van der Waals surface area contributed by atoms with Gasteiger partial charge in [0.05, 0.1) is 28.5 Å². The van der Waals surface area contributed by atoms with Gasteiger partial charge in [0.2, 0.25) is 0 Å². The molecule has 9 heteroatoms. The SMILES string of the molecule is CC(=O)c1cc(OC2CC2)c2nc(N3C[C@@H]4C[C@H]3C[C@H]4OCc3c(-c4c(C)cccc4Cl)noc3C3CC3)sc2c1. The number of anilines is 1. The van der Waals surface area contributed by atoms with Gasteiger partial charge in [-0.25, -0.2) is 4.98 Å². The van der Waals surface area contributed by atoms with Crippen LogP contribution in [0.4, 0.5) is 5.13 Å². The summed E-state index contributed by atoms with van der Waals surface area (Å²) in [6, 6.07) is 10.2. The summed E-state index contributed by atoms with van der Waals surface area (Å²) in [5, 5.41) is 6.20. The molecule has 0 radical (unpaired) electrons. The molecule has 1 saturated heterocycles. The summed E-state index contributed by atoms with van der Waals surface area (Å²) in [4.78, 5) is 19.7. The van der Waals surface area contributed by atoms with Crippen LogP contribution in [0.25, 0.3) is 21.5 Å². The molecule has 2 aromatic carbocycles. The van der Waals surface area contributed by atoms with Crippen LogP contribution in [0.2, 0.25) is 5.02 Å². The summed E-state index contributed by atoms with van der Waals surface area (Å²) in [6.07, 6.45) is 6.90. The number of aromatic nitrogens is 2. The highest BCUT2D eigenvalue weighted by molar-refractivity contribution is 7.22. The van der Waals surface area contributed by atoms with Crippen molar-refractivity contribution in [2.45, 2.75) is 83.1 Å². The Morgan fingerprint density at radius 2 is 2.05 bits per heavy atom. The molecule has 0 N–H and O–H groups in total. The second kappa shape index (κ2) is 9.82. The number of hydrogen-bond acceptors (Lipinski definition) is 8. The van der Waals surface area contributed by atoms with Crippen molar-refractivity contribution in [1.29, 1.82) is 0 Å². The third-order valence-electron chi connectivity index (χ3n) is 9.06. The first-order valence-electron chi connectivity index (χ1n) is 14.7. The average molecular weight is 590 g/mol. The van der Waals surface area contributed by atoms with Crippen molar-refractivity contribution in [2.75, 3.05) is 11.4 Å². The normalized spacial score (nSPS) is 23.6. The first-order chi connectivity index (χ1) is 19.9. The maximum atomic E-state index is 12.2. The van der Waals surface area contributed by atoms with Gasteiger partial charge >= 0.3 is 0 Å². The van der Waals surface area contributed by atoms with Crippen molar-refractivity contribution in [1.82, 2.24) is 10.1 Å². The molecule has 0 amide bonds. The Kier molecular flexibility index (Phi) is 6.16. The van der Waals surface area contributed by atoms with Crippen LogP contribution in [0.15, 0.2) is 34.9 Å². The number of fused-ring (bicyclic) bond motifs is 3. The lowest BCUT2D eigenvalue weighted by Gasteiger charge is -2.31. The fourth-order valence-corrected chi connectivity index (χ4v) is 7.97. The van der Waals surface area contributed by atoms with Gasteiger partial charge in [0.1, 0.15) is 22.7 Å². The lowest BCUT2D eigenvalue weighted by Crippen LogP contribution is -2.38. The summed E-state index contributed by atoms with van der Waals surface area (Å²) in [7, 11) is 0. The Labute approximate surface area is 247 Å². The number of hydrogen-bond donors (Lipinski definition) is 0. The Hall–Kier alpha value is -2.94. The van der Waals surface area contributed by atoms with Crippen LogP contribution in [-0.4, -0.2) is 40.7 Å². The van der Waals surface area contributed by atoms with E-state index in [1.165, 1.54) is 0 Å². The topological polar surface area (TPSA) is 77.7 Å². The number of benzene rings is 2. The molecule has 212 valence electrons. The van der Waals surface area contributed by atoms with Crippen LogP contribution < -0.4 is 9.64 Å². The first-order valence-corrected chi connectivity index (χ1v) is 15.9. The number of halogens is 1. The second-order valence-corrected chi connectivity index (χ2v) is 13.6. The highest BCUT2D eigenvalue weighted by atomic mass is 35.5. The van der Waals surface area contributed by atoms with Crippen LogP contribution >= 0.6 is 22.9 Å². The number of aryl methyl sites for hydroxylation is 1. The molecular weight excluding hydrogens is 558 g/mol. The molecule has 3 aliphatic carbocycles. The van der Waals surface area contributed by atoms with E-state index in [1.54, 1.807) is 18.3 Å². The van der Waals surface area contributed by atoms with E-state index in [1.807, 2.05) is 24.3 Å². The molecule has 4 aromatic rings. The van der Waals surface area contributed by atoms with E-state index < -0.39 is 0 Å². The molecular formula is C32H32ClN3O4S. The Bertz CT molecular complexity index is 1650. The van der Waals surface area contributed by atoms with E-state index in [2.05, 4.69) is 23.0 Å². The van der Waals surface area contributed by atoms with E-state index in [-0.39, 0.29) is 18.0 Å². The number of carbonyl (C=O) groups is 1. The van der Waals surface area contributed by atoms with Crippen LogP contribution in [0.3, 0.4) is 0 Å². The average Bonchev–Trinajstić information content (AvgIpc) is 3.77. The molecule has 2 bridgehead atoms. The van der Waals surface area contributed by atoms with Gasteiger partial charge in [0, 0.05) is 41.1 Å². The van der Waals surface area contributed by atoms with Gasteiger partial charge in [0.25, 0.3) is 0 Å². The molecule has 7 nitrogen and oxygen atoms in total. The number of carbonyl (C=O) groups excluding carboxylic acids is 1. The minimum Gasteiger partial charge on any atom is -0.488 e. The highest BCUT2D eigenvalue weighted by Crippen LogP contribution is 2.48. The van der Waals surface area contributed by atoms with Crippen LogP contribution in [0.5, 0.6) is 5.75 Å². The van der Waals surface area contributed by atoms with E-state index in [0.717, 1.165) is 94.3 Å². The van der Waals surface area contributed by atoms with Crippen molar-refractivity contribution in [3.63, 3.8) is 0 Å². The summed E-state index contributed by atoms with van der Waals surface area (Å²) in [6.45, 7) is 5.07. The third-order valence-corrected chi connectivity index (χ3v) is 10.4. The molecule has 3 heterocycles. The number of thiazole rings is 1. The van der Waals surface area contributed by atoms with Gasteiger partial charge in [-0.15, -0.1) is 0 Å². The summed E-state index contributed by atoms with van der Waals surface area (Å²) in [5.41, 5.74) is 5.46. The maximum absolute atomic E-state index is 12.2. The largest absolute Gasteiger partial charge is 0.488 e. The van der Waals surface area contributed by atoms with Crippen LogP contribution in [-0.2, 0) is 11.3 Å². The van der Waals surface area contributed by atoms with Crippen molar-refractivity contribution in [3.05, 3.63) is 57.8 Å². The highest BCUT2D eigenvalue weighted by Gasteiger charge is 2.47. The molecule has 0 unspecified atom stereocenters. The van der Waals surface area contributed by atoms with Gasteiger partial charge in [-0.3, -0.25) is 4.79 Å². The predicted octanol–water partition coefficient (Wildman–Crippen LogP) is 7.72. The van der Waals surface area contributed by atoms with Crippen molar-refractivity contribution in [2.24, 2.45) is 5.92 Å². The maximum Gasteiger partial charge on any atom is 0.186 e. The van der Waals surface area contributed by atoms with Gasteiger partial charge < -0.3 is 18.9 Å². The Morgan fingerprint density at radius 3 is 2.76 bits per heavy atom. The van der Waals surface area contributed by atoms with Gasteiger partial charge in [-0.1, -0.05) is 40.2 Å². The van der Waals surface area contributed by atoms with Gasteiger partial charge in [0.15, 0.2) is 10.9 Å². The summed E-state index contributed by atoms with van der Waals surface area (Å²) < 4.78 is 19.7. The first kappa shape index (κ1) is 25.7. The molecule has 3 atom stereocenters. The second-order valence-electron chi connectivity index (χ2n) is 12.2. The fourth-order valence-electron chi connectivity index (χ4n) is 6.56. The molecule has 41 heavy (non-hydrogen) atoms. The quantitative estimate of drug-likeness (QED) is 0.185. The minimum atomic E-state index is 0.0493. The van der Waals surface area contributed by atoms with Gasteiger partial charge in [-0.2, -0.15) is 0 Å². The standard InChI is InChI=1S/C32H32ClN3O4S/c1-16-4-3-5-24(33)28(16)29-23(31(40-35-29)18-6-7-18)15-38-25-13-21-10-20(25)14-36(21)32-34-30-26(39-22-8-9-22)11-19(17(2)37)12-27(30)41-32/h3-5,11-12,18,20-22,25H,6-10,13-15H2,1-2H3/t20-,21-,25+/m0/s1. The van der Waals surface area contributed by atoms with Crippen molar-refractivity contribution >= 4 is 44.1 Å². The lowest BCUT2D eigenvalue weighted by molar-refractivity contribution is 0.0122. The molecule has 4 aliphatic rings. The molecule has 0 spiro atoms. The van der Waals surface area contributed by atoms with Crippen molar-refractivity contribution in [3.8, 4) is 17.0 Å². The van der Waals surface area contributed by atoms with Crippen LogP contribution in [0.1, 0.15) is 78.6 Å². The number of piperidine rings is 1. The Morgan fingerprint density at radius 1 is 1.20 bits per heavy atom. The zero-order valence-electron chi connectivity index (χ0n) is 23.2. The lowest BCUT2D eigenvalue weighted by atomic mass is 10.00. The summed E-state index contributed by atoms with van der Waals surface area (Å²) >= 11 is 8.29. The molecule has 3 saturated carbocycles.